The second-order valence-corrected chi connectivity index (χ2v) is 6.29. The molecule has 0 aliphatic carbocycles. The van der Waals surface area contributed by atoms with Crippen LogP contribution in [0.25, 0.3) is 0 Å². The Morgan fingerprint density at radius 2 is 2.15 bits per heavy atom. The molecule has 6 nitrogen and oxygen atoms in total. The van der Waals surface area contributed by atoms with Gasteiger partial charge in [-0.05, 0) is 50.3 Å². The van der Waals surface area contributed by atoms with Gasteiger partial charge in [-0.1, -0.05) is 0 Å². The van der Waals surface area contributed by atoms with E-state index in [1.54, 1.807) is 41.6 Å². The molecule has 0 saturated heterocycles. The molecular weight excluding hydrogens is 345 g/mol. The number of hydrogen-bond acceptors (Lipinski definition) is 5. The number of carbonyl (C=O) groups is 1. The summed E-state index contributed by atoms with van der Waals surface area (Å²) in [5, 5.41) is 3.27. The molecule has 1 aliphatic heterocycles. The Labute approximate surface area is 157 Å². The van der Waals surface area contributed by atoms with E-state index in [0.29, 0.717) is 35.9 Å². The summed E-state index contributed by atoms with van der Waals surface area (Å²) >= 11 is 0. The molecule has 27 heavy (non-hydrogen) atoms. The van der Waals surface area contributed by atoms with Gasteiger partial charge in [0.1, 0.15) is 11.6 Å². The smallest absolute Gasteiger partial charge is 0.254 e. The molecule has 1 atom stereocenters. The predicted octanol–water partition coefficient (Wildman–Crippen LogP) is 3.24. The highest BCUT2D eigenvalue weighted by atomic mass is 19.1. The van der Waals surface area contributed by atoms with Crippen LogP contribution < -0.4 is 11.1 Å². The zero-order chi connectivity index (χ0) is 19.4. The van der Waals surface area contributed by atoms with Crippen LogP contribution in [0.2, 0.25) is 0 Å². The molecule has 0 spiro atoms. The van der Waals surface area contributed by atoms with E-state index in [-0.39, 0.29) is 17.8 Å². The Bertz CT molecular complexity index is 892. The summed E-state index contributed by atoms with van der Waals surface area (Å²) in [5.74, 6) is 0.390. The Kier molecular flexibility index (Phi) is 5.49. The number of fused-ring (bicyclic) bond motifs is 1. The zero-order valence-corrected chi connectivity index (χ0v) is 15.3. The maximum Gasteiger partial charge on any atom is 0.254 e. The summed E-state index contributed by atoms with van der Waals surface area (Å²) in [6, 6.07) is 7.43. The van der Waals surface area contributed by atoms with Crippen molar-refractivity contribution in [3.8, 4) is 0 Å². The molecule has 0 bridgehead atoms. The minimum absolute atomic E-state index is 0.0283. The average Bonchev–Trinajstić information content (AvgIpc) is 3.00. The molecule has 0 saturated carbocycles. The molecule has 7 heteroatoms. The Hall–Kier alpha value is -3.22. The van der Waals surface area contributed by atoms with Crippen LogP contribution in [-0.4, -0.2) is 34.6 Å². The van der Waals surface area contributed by atoms with Crippen molar-refractivity contribution >= 4 is 23.6 Å². The number of carbonyl (C=O) groups excluding carboxylic acids is 1. The highest BCUT2D eigenvalue weighted by molar-refractivity contribution is 5.99. The zero-order valence-electron chi connectivity index (χ0n) is 15.3. The van der Waals surface area contributed by atoms with E-state index < -0.39 is 0 Å². The Morgan fingerprint density at radius 1 is 1.41 bits per heavy atom. The van der Waals surface area contributed by atoms with Gasteiger partial charge >= 0.3 is 0 Å². The fourth-order valence-electron chi connectivity index (χ4n) is 2.83. The highest BCUT2D eigenvalue weighted by Crippen LogP contribution is 2.28. The molecule has 1 amide bonds. The minimum atomic E-state index is -0.301. The van der Waals surface area contributed by atoms with Gasteiger partial charge in [0.25, 0.3) is 5.91 Å². The number of allylic oxidation sites excluding steroid dienone is 1. The number of pyridine rings is 1. The van der Waals surface area contributed by atoms with E-state index in [2.05, 4.69) is 15.3 Å². The normalized spacial score (nSPS) is 15.3. The number of aliphatic imine (C=N–C) groups is 1. The lowest BCUT2D eigenvalue weighted by atomic mass is 10.1. The van der Waals surface area contributed by atoms with Crippen molar-refractivity contribution in [2.45, 2.75) is 26.4 Å². The molecule has 1 unspecified atom stereocenters. The number of hydrogen-bond donors (Lipinski definition) is 2. The molecule has 3 N–H and O–H groups in total. The van der Waals surface area contributed by atoms with E-state index in [9.17, 15) is 9.18 Å². The number of halogens is 1. The maximum absolute atomic E-state index is 12.9. The lowest BCUT2D eigenvalue weighted by molar-refractivity contribution is 0.0787. The number of rotatable bonds is 6. The Morgan fingerprint density at radius 3 is 2.85 bits per heavy atom. The molecular formula is C20H22FN5O. The van der Waals surface area contributed by atoms with Crippen molar-refractivity contribution in [2.75, 3.05) is 11.9 Å². The van der Waals surface area contributed by atoms with Crippen molar-refractivity contribution < 1.29 is 9.18 Å². The Balaban J connectivity index is 1.70. The van der Waals surface area contributed by atoms with Crippen LogP contribution in [0.3, 0.4) is 0 Å². The third kappa shape index (κ3) is 4.13. The summed E-state index contributed by atoms with van der Waals surface area (Å²) in [5.41, 5.74) is 8.90. The SMILES string of the molecule is CCN1Cc2c(ccnc2NC(C)C(N)=CC=Nc2ccc(F)cc2)C1=O. The molecule has 1 aliphatic rings. The highest BCUT2D eigenvalue weighted by Gasteiger charge is 2.29. The topological polar surface area (TPSA) is 83.6 Å². The third-order valence-electron chi connectivity index (χ3n) is 4.47. The second kappa shape index (κ2) is 7.99. The van der Waals surface area contributed by atoms with Crippen LogP contribution in [0.15, 0.2) is 53.3 Å². The van der Waals surface area contributed by atoms with Crippen LogP contribution in [0.1, 0.15) is 29.8 Å². The van der Waals surface area contributed by atoms with E-state index >= 15 is 0 Å². The predicted molar refractivity (Wildman–Crippen MR) is 105 cm³/mol. The number of nitrogens with one attached hydrogen (secondary N) is 1. The van der Waals surface area contributed by atoms with Crippen LogP contribution in [0, 0.1) is 5.82 Å². The first-order chi connectivity index (χ1) is 13.0. The van der Waals surface area contributed by atoms with Gasteiger partial charge in [0.15, 0.2) is 0 Å². The number of amides is 1. The molecule has 1 aromatic heterocycles. The first-order valence-electron chi connectivity index (χ1n) is 8.78. The number of nitrogens with two attached hydrogens (primary N) is 1. The van der Waals surface area contributed by atoms with Crippen molar-refractivity contribution in [3.05, 3.63) is 65.2 Å². The second-order valence-electron chi connectivity index (χ2n) is 6.29. The molecule has 140 valence electrons. The first-order valence-corrected chi connectivity index (χ1v) is 8.78. The maximum atomic E-state index is 12.9. The van der Waals surface area contributed by atoms with E-state index in [1.165, 1.54) is 12.1 Å². The quantitative estimate of drug-likeness (QED) is 0.768. The van der Waals surface area contributed by atoms with Gasteiger partial charge in [0, 0.05) is 35.8 Å². The van der Waals surface area contributed by atoms with Gasteiger partial charge in [0.2, 0.25) is 0 Å². The fourth-order valence-corrected chi connectivity index (χ4v) is 2.83. The molecule has 1 aromatic carbocycles. The van der Waals surface area contributed by atoms with Gasteiger partial charge in [-0.3, -0.25) is 9.79 Å². The summed E-state index contributed by atoms with van der Waals surface area (Å²) in [6.07, 6.45) is 4.89. The van der Waals surface area contributed by atoms with Crippen LogP contribution >= 0.6 is 0 Å². The van der Waals surface area contributed by atoms with Crippen LogP contribution in [-0.2, 0) is 6.54 Å². The van der Waals surface area contributed by atoms with E-state index in [1.807, 2.05) is 13.8 Å². The number of benzene rings is 1. The number of nitrogens with zero attached hydrogens (tertiary/aromatic N) is 3. The standard InChI is InChI=1S/C20H22FN5O/c1-3-26-12-17-16(20(26)27)8-10-24-19(17)25-13(2)18(22)9-11-23-15-6-4-14(21)5-7-15/h4-11,13H,3,12,22H2,1-2H3,(H,24,25). The molecule has 3 rings (SSSR count). The van der Waals surface area contributed by atoms with E-state index in [4.69, 9.17) is 5.73 Å². The van der Waals surface area contributed by atoms with E-state index in [0.717, 1.165) is 5.56 Å². The summed E-state index contributed by atoms with van der Waals surface area (Å²) in [6.45, 7) is 5.06. The third-order valence-corrected chi connectivity index (χ3v) is 4.47. The molecule has 2 heterocycles. The monoisotopic (exact) mass is 367 g/mol. The minimum Gasteiger partial charge on any atom is -0.400 e. The number of anilines is 1. The van der Waals surface area contributed by atoms with Gasteiger partial charge < -0.3 is 16.0 Å². The average molecular weight is 367 g/mol. The largest absolute Gasteiger partial charge is 0.400 e. The van der Waals surface area contributed by atoms with Crippen molar-refractivity contribution in [3.63, 3.8) is 0 Å². The van der Waals surface area contributed by atoms with Crippen molar-refractivity contribution in [1.82, 2.24) is 9.88 Å². The van der Waals surface area contributed by atoms with Gasteiger partial charge in [0.05, 0.1) is 18.3 Å². The summed E-state index contributed by atoms with van der Waals surface area (Å²) in [7, 11) is 0. The van der Waals surface area contributed by atoms with Gasteiger partial charge in [-0.2, -0.15) is 0 Å². The fraction of sp³-hybridized carbons (Fsp3) is 0.250. The van der Waals surface area contributed by atoms with Crippen LogP contribution in [0.5, 0.6) is 0 Å². The van der Waals surface area contributed by atoms with Gasteiger partial charge in [-0.15, -0.1) is 0 Å². The molecule has 0 fully saturated rings. The van der Waals surface area contributed by atoms with Gasteiger partial charge in [-0.25, -0.2) is 9.37 Å². The van der Waals surface area contributed by atoms with Crippen molar-refractivity contribution in [2.24, 2.45) is 10.7 Å². The lowest BCUT2D eigenvalue weighted by Gasteiger charge is -2.17. The number of aromatic nitrogens is 1. The first kappa shape index (κ1) is 18.6. The lowest BCUT2D eigenvalue weighted by Crippen LogP contribution is -2.25. The van der Waals surface area contributed by atoms with Crippen LogP contribution in [0.4, 0.5) is 15.9 Å². The summed E-state index contributed by atoms with van der Waals surface area (Å²) in [4.78, 5) is 22.7. The summed E-state index contributed by atoms with van der Waals surface area (Å²) < 4.78 is 12.9. The van der Waals surface area contributed by atoms with Crippen molar-refractivity contribution in [1.29, 1.82) is 0 Å². The molecule has 2 aromatic rings. The molecule has 0 radical (unpaired) electrons.